The van der Waals surface area contributed by atoms with Crippen LogP contribution in [0.1, 0.15) is 6.92 Å². The van der Waals surface area contributed by atoms with Gasteiger partial charge < -0.3 is 9.80 Å². The predicted molar refractivity (Wildman–Crippen MR) is 96.5 cm³/mol. The van der Waals surface area contributed by atoms with E-state index in [1.165, 1.54) is 17.0 Å². The molecule has 0 spiro atoms. The monoisotopic (exact) mass is 394 g/mol. The number of carbonyl (C=O) groups excluding carboxylic acids is 1. The number of carbonyl (C=O) groups is 1. The van der Waals surface area contributed by atoms with Gasteiger partial charge in [-0.2, -0.15) is 0 Å². The summed E-state index contributed by atoms with van der Waals surface area (Å²) < 4.78 is 25.3. The van der Waals surface area contributed by atoms with Crippen LogP contribution in [0.3, 0.4) is 0 Å². The third-order valence-electron chi connectivity index (χ3n) is 4.18. The fourth-order valence-electron chi connectivity index (χ4n) is 2.71. The Morgan fingerprint density at radius 2 is 1.92 bits per heavy atom. The number of benzene rings is 1. The van der Waals surface area contributed by atoms with E-state index in [2.05, 4.69) is 6.92 Å². The van der Waals surface area contributed by atoms with E-state index in [4.69, 9.17) is 23.2 Å². The molecule has 0 aromatic heterocycles. The molecule has 1 amide bonds. The van der Waals surface area contributed by atoms with Crippen molar-refractivity contribution in [3.8, 4) is 0 Å². The van der Waals surface area contributed by atoms with Crippen LogP contribution < -0.4 is 9.21 Å². The first kappa shape index (κ1) is 19.3. The summed E-state index contributed by atoms with van der Waals surface area (Å²) in [5.74, 6) is -0.230. The third-order valence-corrected chi connectivity index (χ3v) is 5.86. The van der Waals surface area contributed by atoms with Crippen molar-refractivity contribution in [2.75, 3.05) is 49.8 Å². The second-order valence-electron chi connectivity index (χ2n) is 5.85. The summed E-state index contributed by atoms with van der Waals surface area (Å²) in [4.78, 5) is 15.7. The van der Waals surface area contributed by atoms with Crippen LogP contribution in [-0.4, -0.2) is 64.7 Å². The Hall–Kier alpha value is -1.02. The van der Waals surface area contributed by atoms with Crippen LogP contribution in [0.4, 0.5) is 5.69 Å². The zero-order valence-electron chi connectivity index (χ0n) is 13.8. The van der Waals surface area contributed by atoms with Crippen molar-refractivity contribution in [2.24, 2.45) is 0 Å². The first-order valence-corrected chi connectivity index (χ1v) is 10.4. The largest absolute Gasteiger partial charge is 0.332 e. The molecular weight excluding hydrogens is 373 g/mol. The van der Waals surface area contributed by atoms with E-state index in [1.807, 2.05) is 0 Å². The van der Waals surface area contributed by atoms with Crippen molar-refractivity contribution in [3.05, 3.63) is 28.2 Å². The van der Waals surface area contributed by atoms with E-state index in [0.717, 1.165) is 30.2 Å². The standard InChI is InChI=1S/C15H21Cl2N3O3S/c1-3-18-6-8-19(9-7-18)15(21)11-20(24(2,22)23)14-10-12(16)4-5-13(14)17/h4-5,10H,3,6-9,11H2,1-2H3/p+1. The van der Waals surface area contributed by atoms with E-state index in [-0.39, 0.29) is 23.2 Å². The number of quaternary nitrogens is 1. The van der Waals surface area contributed by atoms with E-state index < -0.39 is 10.0 Å². The number of nitrogens with zero attached hydrogens (tertiary/aromatic N) is 2. The number of halogens is 2. The zero-order valence-corrected chi connectivity index (χ0v) is 16.1. The molecule has 134 valence electrons. The van der Waals surface area contributed by atoms with Gasteiger partial charge in [0.05, 0.1) is 49.7 Å². The van der Waals surface area contributed by atoms with Crippen LogP contribution >= 0.6 is 23.2 Å². The molecule has 1 saturated heterocycles. The lowest BCUT2D eigenvalue weighted by molar-refractivity contribution is -0.902. The Bertz CT molecular complexity index is 704. The Kier molecular flexibility index (Phi) is 6.36. The SMILES string of the molecule is CC[NH+]1CCN(C(=O)CN(c2cc(Cl)ccc2Cl)S(C)(=O)=O)CC1. The van der Waals surface area contributed by atoms with E-state index >= 15 is 0 Å². The highest BCUT2D eigenvalue weighted by atomic mass is 35.5. The van der Waals surface area contributed by atoms with Gasteiger partial charge in [-0.15, -0.1) is 0 Å². The second-order valence-corrected chi connectivity index (χ2v) is 8.60. The lowest BCUT2D eigenvalue weighted by Gasteiger charge is -2.33. The van der Waals surface area contributed by atoms with Crippen LogP contribution in [0.5, 0.6) is 0 Å². The van der Waals surface area contributed by atoms with Gasteiger partial charge in [-0.25, -0.2) is 8.42 Å². The van der Waals surface area contributed by atoms with Gasteiger partial charge in [0.15, 0.2) is 0 Å². The number of rotatable bonds is 5. The maximum Gasteiger partial charge on any atom is 0.243 e. The number of hydrogen-bond acceptors (Lipinski definition) is 3. The van der Waals surface area contributed by atoms with Crippen molar-refractivity contribution in [1.82, 2.24) is 4.90 Å². The summed E-state index contributed by atoms with van der Waals surface area (Å²) in [5.41, 5.74) is 0.220. The van der Waals surface area contributed by atoms with Crippen molar-refractivity contribution in [3.63, 3.8) is 0 Å². The Labute approximate surface area is 153 Å². The van der Waals surface area contributed by atoms with Gasteiger partial charge in [-0.1, -0.05) is 23.2 Å². The zero-order chi connectivity index (χ0) is 17.9. The topological polar surface area (TPSA) is 62.1 Å². The van der Waals surface area contributed by atoms with Crippen molar-refractivity contribution in [2.45, 2.75) is 6.92 Å². The smallest absolute Gasteiger partial charge is 0.243 e. The molecule has 1 aromatic rings. The first-order chi connectivity index (χ1) is 11.2. The maximum absolute atomic E-state index is 12.6. The van der Waals surface area contributed by atoms with Gasteiger partial charge >= 0.3 is 0 Å². The molecule has 0 unspecified atom stereocenters. The van der Waals surface area contributed by atoms with Gasteiger partial charge in [0, 0.05) is 5.02 Å². The molecule has 24 heavy (non-hydrogen) atoms. The summed E-state index contributed by atoms with van der Waals surface area (Å²) in [6.45, 7) is 5.86. The summed E-state index contributed by atoms with van der Waals surface area (Å²) in [6, 6.07) is 4.55. The van der Waals surface area contributed by atoms with Gasteiger partial charge in [0.2, 0.25) is 15.9 Å². The Morgan fingerprint density at radius 1 is 1.29 bits per heavy atom. The molecule has 1 heterocycles. The molecule has 9 heteroatoms. The molecular formula is C15H22Cl2N3O3S+. The van der Waals surface area contributed by atoms with Crippen LogP contribution in [0.25, 0.3) is 0 Å². The molecule has 2 rings (SSSR count). The van der Waals surface area contributed by atoms with E-state index in [9.17, 15) is 13.2 Å². The Morgan fingerprint density at radius 3 is 2.46 bits per heavy atom. The quantitative estimate of drug-likeness (QED) is 0.790. The number of likely N-dealkylation sites (N-methyl/N-ethyl adjacent to an activating group) is 1. The number of amides is 1. The highest BCUT2D eigenvalue weighted by Gasteiger charge is 2.28. The van der Waals surface area contributed by atoms with Crippen LogP contribution in [0.2, 0.25) is 10.0 Å². The molecule has 0 radical (unpaired) electrons. The summed E-state index contributed by atoms with van der Waals surface area (Å²) >= 11 is 12.1. The molecule has 6 nitrogen and oxygen atoms in total. The highest BCUT2D eigenvalue weighted by molar-refractivity contribution is 7.92. The average molecular weight is 395 g/mol. The molecule has 0 bridgehead atoms. The summed E-state index contributed by atoms with van der Waals surface area (Å²) in [6.07, 6.45) is 1.05. The molecule has 0 atom stereocenters. The molecule has 0 saturated carbocycles. The van der Waals surface area contributed by atoms with Gasteiger partial charge in [-0.3, -0.25) is 9.10 Å². The second kappa shape index (κ2) is 7.91. The minimum absolute atomic E-state index is 0.220. The van der Waals surface area contributed by atoms with Crippen molar-refractivity contribution in [1.29, 1.82) is 0 Å². The number of piperazine rings is 1. The first-order valence-electron chi connectivity index (χ1n) is 7.76. The van der Waals surface area contributed by atoms with Crippen LogP contribution in [0, 0.1) is 0 Å². The molecule has 1 N–H and O–H groups in total. The molecule has 0 aliphatic carbocycles. The van der Waals surface area contributed by atoms with E-state index in [1.54, 1.807) is 11.0 Å². The fourth-order valence-corrected chi connectivity index (χ4v) is 4.00. The predicted octanol–water partition coefficient (Wildman–Crippen LogP) is 0.506. The molecule has 1 aromatic carbocycles. The normalized spacial score (nSPS) is 16.2. The van der Waals surface area contributed by atoms with Crippen molar-refractivity contribution < 1.29 is 18.1 Å². The number of anilines is 1. The Balaban J connectivity index is 2.19. The maximum atomic E-state index is 12.6. The lowest BCUT2D eigenvalue weighted by Crippen LogP contribution is -3.14. The van der Waals surface area contributed by atoms with E-state index in [0.29, 0.717) is 18.1 Å². The highest BCUT2D eigenvalue weighted by Crippen LogP contribution is 2.30. The number of hydrogen-bond donors (Lipinski definition) is 1. The molecule has 1 aliphatic heterocycles. The van der Waals surface area contributed by atoms with Gasteiger partial charge in [0.1, 0.15) is 6.54 Å². The average Bonchev–Trinajstić information content (AvgIpc) is 2.54. The summed E-state index contributed by atoms with van der Waals surface area (Å²) in [5, 5.41) is 0.591. The lowest BCUT2D eigenvalue weighted by atomic mass is 10.3. The third kappa shape index (κ3) is 4.75. The number of nitrogens with one attached hydrogen (secondary N) is 1. The van der Waals surface area contributed by atoms with Gasteiger partial charge in [-0.05, 0) is 25.1 Å². The minimum atomic E-state index is -3.67. The van der Waals surface area contributed by atoms with Crippen LogP contribution in [0.15, 0.2) is 18.2 Å². The van der Waals surface area contributed by atoms with Crippen LogP contribution in [-0.2, 0) is 14.8 Å². The molecule has 1 aliphatic rings. The fraction of sp³-hybridized carbons (Fsp3) is 0.533. The minimum Gasteiger partial charge on any atom is -0.332 e. The molecule has 1 fully saturated rings. The van der Waals surface area contributed by atoms with Gasteiger partial charge in [0.25, 0.3) is 0 Å². The summed E-state index contributed by atoms with van der Waals surface area (Å²) in [7, 11) is -3.67. The number of sulfonamides is 1. The van der Waals surface area contributed by atoms with Crippen molar-refractivity contribution >= 4 is 44.8 Å².